The lowest BCUT2D eigenvalue weighted by Gasteiger charge is -1.69. The summed E-state index contributed by atoms with van der Waals surface area (Å²) in [6, 6.07) is 0. The second kappa shape index (κ2) is 3.56. The summed E-state index contributed by atoms with van der Waals surface area (Å²) in [7, 11) is 0. The van der Waals surface area contributed by atoms with Gasteiger partial charge in [0.2, 0.25) is 0 Å². The van der Waals surface area contributed by atoms with Crippen molar-refractivity contribution in [3.63, 3.8) is 0 Å². The van der Waals surface area contributed by atoms with Crippen molar-refractivity contribution in [1.29, 1.82) is 0 Å². The first-order chi connectivity index (χ1) is 2.41. The average molecular weight is 74.1 g/mol. The molecule has 0 bridgehead atoms. The molecule has 0 amide bonds. The Morgan fingerprint density at radius 1 is 1.80 bits per heavy atom. The molecule has 0 aromatic rings. The molecule has 0 aliphatic heterocycles. The first-order valence-corrected chi connectivity index (χ1v) is 1.41. The fraction of sp³-hybridized carbons (Fsp3) is 1.00. The van der Waals surface area contributed by atoms with Crippen molar-refractivity contribution in [3.05, 3.63) is 4.91 Å². The molecular formula is C2H6N2O. The van der Waals surface area contributed by atoms with Gasteiger partial charge in [0, 0.05) is 6.54 Å². The number of nitroso groups, excluding NO2 is 1. The van der Waals surface area contributed by atoms with Gasteiger partial charge in [-0.05, 0) is 0 Å². The van der Waals surface area contributed by atoms with Gasteiger partial charge in [0.1, 0.15) is 0 Å². The van der Waals surface area contributed by atoms with Crippen molar-refractivity contribution < 1.29 is 0 Å². The Balaban J connectivity index is 2.40. The monoisotopic (exact) mass is 74.0 g/mol. The van der Waals surface area contributed by atoms with Gasteiger partial charge in [-0.15, -0.1) is 0 Å². The van der Waals surface area contributed by atoms with E-state index >= 15 is 0 Å². The number of nitrogens with two attached hydrogens (primary N) is 1. The van der Waals surface area contributed by atoms with E-state index in [9.17, 15) is 0 Å². The predicted molar refractivity (Wildman–Crippen MR) is 19.7 cm³/mol. The van der Waals surface area contributed by atoms with Crippen molar-refractivity contribution in [1.82, 2.24) is 0 Å². The lowest BCUT2D eigenvalue weighted by Crippen LogP contribution is -2.00. The third-order valence-corrected chi connectivity index (χ3v) is 0.220. The van der Waals surface area contributed by atoms with Gasteiger partial charge in [0.15, 0.2) is 0 Å². The summed E-state index contributed by atoms with van der Waals surface area (Å²) >= 11 is 0. The molecule has 0 atom stereocenters. The number of hydrogen-bond donors (Lipinski definition) is 1. The van der Waals surface area contributed by atoms with Crippen LogP contribution in [0.2, 0.25) is 0 Å². The maximum atomic E-state index is 9.07. The zero-order valence-corrected chi connectivity index (χ0v) is 2.85. The highest BCUT2D eigenvalue weighted by Crippen LogP contribution is 1.53. The quantitative estimate of drug-likeness (QED) is 0.457. The van der Waals surface area contributed by atoms with Gasteiger partial charge in [0.05, 0.1) is 6.54 Å². The van der Waals surface area contributed by atoms with Crippen molar-refractivity contribution in [2.24, 2.45) is 10.9 Å². The molecule has 0 radical (unpaired) electrons. The first-order valence-electron chi connectivity index (χ1n) is 1.41. The third-order valence-electron chi connectivity index (χ3n) is 0.220. The second-order valence-corrected chi connectivity index (χ2v) is 0.641. The molecule has 0 aliphatic rings. The summed E-state index contributed by atoms with van der Waals surface area (Å²) in [5.74, 6) is 0. The Morgan fingerprint density at radius 2 is 2.40 bits per heavy atom. The van der Waals surface area contributed by atoms with Crippen molar-refractivity contribution >= 4 is 0 Å². The predicted octanol–water partition coefficient (Wildman–Crippen LogP) is -0.288. The van der Waals surface area contributed by atoms with Crippen LogP contribution in [0.5, 0.6) is 0 Å². The summed E-state index contributed by atoms with van der Waals surface area (Å²) in [4.78, 5) is 9.07. The topological polar surface area (TPSA) is 55.4 Å². The van der Waals surface area contributed by atoms with Gasteiger partial charge in [-0.3, -0.25) is 0 Å². The smallest absolute Gasteiger partial charge is 0.0933 e. The molecule has 0 saturated carbocycles. The van der Waals surface area contributed by atoms with Crippen LogP contribution in [0.4, 0.5) is 0 Å². The van der Waals surface area contributed by atoms with Gasteiger partial charge in [-0.25, -0.2) is 0 Å². The minimum Gasteiger partial charge on any atom is -0.329 e. The highest BCUT2D eigenvalue weighted by atomic mass is 16.3. The van der Waals surface area contributed by atoms with E-state index in [4.69, 9.17) is 10.6 Å². The molecule has 0 aromatic carbocycles. The largest absolute Gasteiger partial charge is 0.329 e. The van der Waals surface area contributed by atoms with Crippen molar-refractivity contribution in [2.75, 3.05) is 13.1 Å². The molecule has 0 fully saturated rings. The third kappa shape index (κ3) is 3.56. The summed E-state index contributed by atoms with van der Waals surface area (Å²) in [5, 5.41) is 2.48. The van der Waals surface area contributed by atoms with E-state index < -0.39 is 0 Å². The van der Waals surface area contributed by atoms with E-state index in [0.29, 0.717) is 6.54 Å². The van der Waals surface area contributed by atoms with Gasteiger partial charge in [-0.2, -0.15) is 4.91 Å². The van der Waals surface area contributed by atoms with Crippen LogP contribution in [0, 0.1) is 4.91 Å². The fourth-order valence-corrected chi connectivity index (χ4v) is 0.0527. The molecule has 0 unspecified atom stereocenters. The Labute approximate surface area is 30.1 Å². The Morgan fingerprint density at radius 3 is 2.40 bits per heavy atom. The highest BCUT2D eigenvalue weighted by molar-refractivity contribution is 4.35. The maximum absolute atomic E-state index is 9.07. The maximum Gasteiger partial charge on any atom is 0.0933 e. The molecular weight excluding hydrogens is 68.0 g/mol. The van der Waals surface area contributed by atoms with Crippen LogP contribution in [-0.2, 0) is 0 Å². The van der Waals surface area contributed by atoms with Crippen LogP contribution in [0.1, 0.15) is 0 Å². The van der Waals surface area contributed by atoms with Gasteiger partial charge in [0.25, 0.3) is 0 Å². The Kier molecular flexibility index (Phi) is 3.25. The van der Waals surface area contributed by atoms with E-state index in [1.807, 2.05) is 0 Å². The average Bonchev–Trinajstić information content (AvgIpc) is 1.41. The molecule has 5 heavy (non-hydrogen) atoms. The minimum atomic E-state index is 0.236. The lowest BCUT2D eigenvalue weighted by molar-refractivity contribution is 0.968. The summed E-state index contributed by atoms with van der Waals surface area (Å²) in [6.45, 7) is 0.601. The van der Waals surface area contributed by atoms with E-state index in [1.54, 1.807) is 0 Å². The number of nitrogens with zero attached hydrogens (tertiary/aromatic N) is 1. The molecule has 30 valence electrons. The normalized spacial score (nSPS) is 7.40. The van der Waals surface area contributed by atoms with Gasteiger partial charge < -0.3 is 5.73 Å². The summed E-state index contributed by atoms with van der Waals surface area (Å²) in [6.07, 6.45) is 0. The SMILES string of the molecule is NCCN=O. The van der Waals surface area contributed by atoms with E-state index in [-0.39, 0.29) is 6.54 Å². The fourth-order valence-electron chi connectivity index (χ4n) is 0.0527. The van der Waals surface area contributed by atoms with E-state index in [0.717, 1.165) is 0 Å². The van der Waals surface area contributed by atoms with Crippen LogP contribution in [0.15, 0.2) is 5.18 Å². The molecule has 3 heteroatoms. The Bertz CT molecular complexity index is 28.8. The van der Waals surface area contributed by atoms with Crippen molar-refractivity contribution in [3.8, 4) is 0 Å². The zero-order valence-electron chi connectivity index (χ0n) is 2.85. The molecule has 0 rings (SSSR count). The van der Waals surface area contributed by atoms with E-state index in [2.05, 4.69) is 5.18 Å². The lowest BCUT2D eigenvalue weighted by atomic mass is 10.7. The zero-order chi connectivity index (χ0) is 4.12. The summed E-state index contributed by atoms with van der Waals surface area (Å²) in [5.41, 5.74) is 4.85. The minimum absolute atomic E-state index is 0.236. The number of rotatable bonds is 2. The van der Waals surface area contributed by atoms with Crippen LogP contribution in [0.3, 0.4) is 0 Å². The molecule has 0 heterocycles. The molecule has 0 aliphatic carbocycles. The van der Waals surface area contributed by atoms with Gasteiger partial charge >= 0.3 is 0 Å². The van der Waals surface area contributed by atoms with E-state index in [1.165, 1.54) is 0 Å². The number of hydrogen-bond acceptors (Lipinski definition) is 3. The second-order valence-electron chi connectivity index (χ2n) is 0.641. The van der Waals surface area contributed by atoms with Crippen LogP contribution in [-0.4, -0.2) is 13.1 Å². The van der Waals surface area contributed by atoms with Gasteiger partial charge in [-0.1, -0.05) is 5.18 Å². The van der Waals surface area contributed by atoms with Crippen LogP contribution < -0.4 is 5.73 Å². The van der Waals surface area contributed by atoms with Crippen LogP contribution in [0.25, 0.3) is 0 Å². The standard InChI is InChI=1S/C2H6N2O/c3-1-2-4-5/h1-3H2. The van der Waals surface area contributed by atoms with Crippen molar-refractivity contribution in [2.45, 2.75) is 0 Å². The molecule has 0 spiro atoms. The first kappa shape index (κ1) is 4.56. The Hall–Kier alpha value is -0.440. The molecule has 2 N–H and O–H groups in total. The summed E-state index contributed by atoms with van der Waals surface area (Å²) < 4.78 is 0. The van der Waals surface area contributed by atoms with Crippen LogP contribution >= 0.6 is 0 Å². The molecule has 3 nitrogen and oxygen atoms in total. The molecule has 0 aromatic heterocycles. The highest BCUT2D eigenvalue weighted by Gasteiger charge is 1.66. The molecule has 0 saturated heterocycles.